The molecule has 0 atom stereocenters. The van der Waals surface area contributed by atoms with E-state index in [-0.39, 0.29) is 12.5 Å². The highest BCUT2D eigenvalue weighted by molar-refractivity contribution is 5.95. The van der Waals surface area contributed by atoms with E-state index in [9.17, 15) is 4.79 Å². The zero-order valence-corrected chi connectivity index (χ0v) is 15.6. The maximum absolute atomic E-state index is 11.7. The number of nitrogens with one attached hydrogen (secondary N) is 1. The second-order valence-electron chi connectivity index (χ2n) is 6.24. The topological polar surface area (TPSA) is 114 Å². The molecule has 7 nitrogen and oxygen atoms in total. The number of hydrogen-bond donors (Lipinski definition) is 2. The van der Waals surface area contributed by atoms with Gasteiger partial charge in [0.2, 0.25) is 0 Å². The summed E-state index contributed by atoms with van der Waals surface area (Å²) in [6, 6.07) is 14.6. The summed E-state index contributed by atoms with van der Waals surface area (Å²) in [6.07, 6.45) is 1.67. The largest absolute Gasteiger partial charge is 0.486 e. The van der Waals surface area contributed by atoms with Gasteiger partial charge in [0.15, 0.2) is 5.82 Å². The van der Waals surface area contributed by atoms with Gasteiger partial charge < -0.3 is 4.74 Å². The minimum absolute atomic E-state index is 0.200. The summed E-state index contributed by atoms with van der Waals surface area (Å²) < 4.78 is 5.75. The highest BCUT2D eigenvalue weighted by atomic mass is 16.5. The van der Waals surface area contributed by atoms with E-state index in [4.69, 9.17) is 15.8 Å². The fraction of sp³-hybridized carbons (Fsp3) is 0.143. The van der Waals surface area contributed by atoms with Crippen LogP contribution in [0.2, 0.25) is 0 Å². The second-order valence-corrected chi connectivity index (χ2v) is 6.24. The quantitative estimate of drug-likeness (QED) is 0.404. The van der Waals surface area contributed by atoms with Crippen molar-refractivity contribution in [1.29, 1.82) is 5.26 Å². The molecule has 0 radical (unpaired) electrons. The Labute approximate surface area is 162 Å². The molecule has 3 rings (SSSR count). The number of nitriles is 1. The number of ether oxygens (including phenoxy) is 1. The molecule has 0 bridgehead atoms. The Kier molecular flexibility index (Phi) is 5.63. The van der Waals surface area contributed by atoms with E-state index < -0.39 is 0 Å². The van der Waals surface area contributed by atoms with Crippen LogP contribution >= 0.6 is 0 Å². The number of aryl methyl sites for hydroxylation is 2. The molecule has 0 aliphatic carbocycles. The predicted molar refractivity (Wildman–Crippen MR) is 104 cm³/mol. The fourth-order valence-electron chi connectivity index (χ4n) is 2.78. The van der Waals surface area contributed by atoms with Gasteiger partial charge in [-0.3, -0.25) is 10.2 Å². The molecule has 0 unspecified atom stereocenters. The standard InChI is InChI=1S/C21H19N5O2/c1-13-10-17(5-3-16(13)11-22)28-12-20-24-8-7-19(25-20)15-4-6-18(14(2)9-15)21(27)26-23/h3-10H,12,23H2,1-2H3,(H,26,27). The number of aromatic nitrogens is 2. The summed E-state index contributed by atoms with van der Waals surface area (Å²) in [5.74, 6) is 6.04. The van der Waals surface area contributed by atoms with Crippen molar-refractivity contribution in [1.82, 2.24) is 15.4 Å². The van der Waals surface area contributed by atoms with Gasteiger partial charge in [-0.1, -0.05) is 6.07 Å². The molecule has 3 N–H and O–H groups in total. The van der Waals surface area contributed by atoms with Crippen molar-refractivity contribution >= 4 is 5.91 Å². The van der Waals surface area contributed by atoms with Crippen molar-refractivity contribution in [2.75, 3.05) is 0 Å². The Hall–Kier alpha value is -3.76. The van der Waals surface area contributed by atoms with E-state index in [1.54, 1.807) is 30.5 Å². The predicted octanol–water partition coefficient (Wildman–Crippen LogP) is 2.81. The lowest BCUT2D eigenvalue weighted by molar-refractivity contribution is 0.0953. The monoisotopic (exact) mass is 373 g/mol. The van der Waals surface area contributed by atoms with E-state index in [2.05, 4.69) is 21.5 Å². The van der Waals surface area contributed by atoms with E-state index in [1.165, 1.54) is 0 Å². The second kappa shape index (κ2) is 8.29. The number of benzene rings is 2. The van der Waals surface area contributed by atoms with Crippen LogP contribution in [0, 0.1) is 25.2 Å². The maximum Gasteiger partial charge on any atom is 0.265 e. The normalized spacial score (nSPS) is 10.2. The Morgan fingerprint density at radius 1 is 1.18 bits per heavy atom. The molecular formula is C21H19N5O2. The molecule has 3 aromatic rings. The van der Waals surface area contributed by atoms with E-state index in [0.717, 1.165) is 22.4 Å². The van der Waals surface area contributed by atoms with Crippen LogP contribution in [-0.4, -0.2) is 15.9 Å². The first-order valence-electron chi connectivity index (χ1n) is 8.59. The Bertz CT molecular complexity index is 1070. The van der Waals surface area contributed by atoms with Crippen LogP contribution in [0.4, 0.5) is 0 Å². The van der Waals surface area contributed by atoms with Gasteiger partial charge in [-0.05, 0) is 61.4 Å². The van der Waals surface area contributed by atoms with Gasteiger partial charge in [-0.15, -0.1) is 0 Å². The molecule has 1 aromatic heterocycles. The molecule has 140 valence electrons. The minimum Gasteiger partial charge on any atom is -0.486 e. The Morgan fingerprint density at radius 2 is 2.00 bits per heavy atom. The van der Waals surface area contributed by atoms with Gasteiger partial charge in [0.05, 0.1) is 17.3 Å². The number of nitrogen functional groups attached to an aromatic ring is 1. The van der Waals surface area contributed by atoms with Gasteiger partial charge in [0.1, 0.15) is 12.4 Å². The van der Waals surface area contributed by atoms with Crippen LogP contribution in [0.1, 0.15) is 32.9 Å². The molecule has 2 aromatic carbocycles. The molecule has 0 aliphatic rings. The third kappa shape index (κ3) is 4.14. The van der Waals surface area contributed by atoms with Crippen molar-refractivity contribution < 1.29 is 9.53 Å². The van der Waals surface area contributed by atoms with E-state index in [1.807, 2.05) is 32.0 Å². The lowest BCUT2D eigenvalue weighted by Gasteiger charge is -2.09. The number of rotatable bonds is 5. The van der Waals surface area contributed by atoms with Gasteiger partial charge in [-0.2, -0.15) is 5.26 Å². The Morgan fingerprint density at radius 3 is 2.68 bits per heavy atom. The van der Waals surface area contributed by atoms with Crippen LogP contribution in [0.15, 0.2) is 48.7 Å². The van der Waals surface area contributed by atoms with Crippen LogP contribution < -0.4 is 16.0 Å². The van der Waals surface area contributed by atoms with Crippen LogP contribution in [0.5, 0.6) is 5.75 Å². The number of carbonyl (C=O) groups excluding carboxylic acids is 1. The van der Waals surface area contributed by atoms with Crippen molar-refractivity contribution in [3.05, 3.63) is 76.7 Å². The number of hydrazine groups is 1. The first-order chi connectivity index (χ1) is 13.5. The smallest absolute Gasteiger partial charge is 0.265 e. The molecular weight excluding hydrogens is 354 g/mol. The molecule has 1 heterocycles. The summed E-state index contributed by atoms with van der Waals surface area (Å²) in [6.45, 7) is 3.90. The molecule has 0 saturated heterocycles. The first kappa shape index (κ1) is 19.0. The summed E-state index contributed by atoms with van der Waals surface area (Å²) in [5, 5.41) is 9.00. The van der Waals surface area contributed by atoms with Gasteiger partial charge in [0, 0.05) is 17.3 Å². The lowest BCUT2D eigenvalue weighted by Crippen LogP contribution is -2.30. The maximum atomic E-state index is 11.7. The minimum atomic E-state index is -0.335. The van der Waals surface area contributed by atoms with E-state index in [0.29, 0.717) is 22.7 Å². The summed E-state index contributed by atoms with van der Waals surface area (Å²) in [7, 11) is 0. The SMILES string of the molecule is Cc1cc(OCc2nccc(-c3ccc(C(=O)NN)c(C)c3)n2)ccc1C#N. The van der Waals surface area contributed by atoms with Crippen molar-refractivity contribution in [3.8, 4) is 23.1 Å². The molecule has 7 heteroatoms. The Balaban J connectivity index is 1.77. The van der Waals surface area contributed by atoms with Crippen LogP contribution in [0.3, 0.4) is 0 Å². The van der Waals surface area contributed by atoms with Crippen LogP contribution in [0.25, 0.3) is 11.3 Å². The number of amides is 1. The highest BCUT2D eigenvalue weighted by Crippen LogP contribution is 2.21. The number of carbonyl (C=O) groups is 1. The van der Waals surface area contributed by atoms with Gasteiger partial charge in [-0.25, -0.2) is 15.8 Å². The summed E-state index contributed by atoms with van der Waals surface area (Å²) in [4.78, 5) is 20.5. The van der Waals surface area contributed by atoms with Gasteiger partial charge in [0.25, 0.3) is 5.91 Å². The molecule has 0 spiro atoms. The van der Waals surface area contributed by atoms with Crippen molar-refractivity contribution in [2.24, 2.45) is 5.84 Å². The van der Waals surface area contributed by atoms with Gasteiger partial charge >= 0.3 is 0 Å². The molecule has 1 amide bonds. The lowest BCUT2D eigenvalue weighted by atomic mass is 10.0. The van der Waals surface area contributed by atoms with E-state index >= 15 is 0 Å². The summed E-state index contributed by atoms with van der Waals surface area (Å²) >= 11 is 0. The zero-order valence-electron chi connectivity index (χ0n) is 15.6. The van der Waals surface area contributed by atoms with Crippen molar-refractivity contribution in [2.45, 2.75) is 20.5 Å². The fourth-order valence-corrected chi connectivity index (χ4v) is 2.78. The average molecular weight is 373 g/mol. The molecule has 28 heavy (non-hydrogen) atoms. The number of hydrogen-bond acceptors (Lipinski definition) is 6. The third-order valence-corrected chi connectivity index (χ3v) is 4.29. The van der Waals surface area contributed by atoms with Crippen molar-refractivity contribution in [3.63, 3.8) is 0 Å². The molecule has 0 saturated carbocycles. The number of nitrogens with zero attached hydrogens (tertiary/aromatic N) is 3. The first-order valence-corrected chi connectivity index (χ1v) is 8.59. The zero-order chi connectivity index (χ0) is 20.1. The van der Waals surface area contributed by atoms with Crippen LogP contribution in [-0.2, 0) is 6.61 Å². The molecule has 0 fully saturated rings. The highest BCUT2D eigenvalue weighted by Gasteiger charge is 2.10. The third-order valence-electron chi connectivity index (χ3n) is 4.29. The number of nitrogens with two attached hydrogens (primary N) is 1. The average Bonchev–Trinajstić information content (AvgIpc) is 2.72. The molecule has 0 aliphatic heterocycles. The summed E-state index contributed by atoms with van der Waals surface area (Å²) in [5.41, 5.74) is 6.51.